The molecule has 0 atom stereocenters. The predicted octanol–water partition coefficient (Wildman–Crippen LogP) is 6.19. The Morgan fingerprint density at radius 3 is 2.61 bits per heavy atom. The summed E-state index contributed by atoms with van der Waals surface area (Å²) in [4.78, 5) is 34.7. The van der Waals surface area contributed by atoms with Gasteiger partial charge in [0, 0.05) is 16.3 Å². The number of hydrogen-bond acceptors (Lipinski definition) is 6. The fourth-order valence-electron chi connectivity index (χ4n) is 3.19. The molecular formula is C24H21ClN4O3S. The first-order valence-electron chi connectivity index (χ1n) is 10.2. The highest BCUT2D eigenvalue weighted by Gasteiger charge is 2.24. The van der Waals surface area contributed by atoms with E-state index < -0.39 is 11.8 Å². The zero-order valence-electron chi connectivity index (χ0n) is 18.2. The van der Waals surface area contributed by atoms with Crippen molar-refractivity contribution in [3.05, 3.63) is 76.8 Å². The fraction of sp³-hybridized carbons (Fsp3) is 0.167. The molecule has 0 spiro atoms. The van der Waals surface area contributed by atoms with Gasteiger partial charge in [-0.2, -0.15) is 0 Å². The molecule has 9 heteroatoms. The molecule has 2 heterocycles. The lowest BCUT2D eigenvalue weighted by atomic mass is 10.2. The monoisotopic (exact) mass is 480 g/mol. The van der Waals surface area contributed by atoms with E-state index in [9.17, 15) is 9.59 Å². The van der Waals surface area contributed by atoms with Gasteiger partial charge in [-0.3, -0.25) is 9.59 Å². The van der Waals surface area contributed by atoms with Crippen molar-refractivity contribution in [1.82, 2.24) is 9.97 Å². The predicted molar refractivity (Wildman–Crippen MR) is 131 cm³/mol. The van der Waals surface area contributed by atoms with Crippen LogP contribution in [0.3, 0.4) is 0 Å². The van der Waals surface area contributed by atoms with Crippen LogP contribution in [0.25, 0.3) is 11.0 Å². The molecule has 0 aliphatic rings. The summed E-state index contributed by atoms with van der Waals surface area (Å²) in [7, 11) is 0. The lowest BCUT2D eigenvalue weighted by molar-refractivity contribution is 0.0999. The molecule has 0 fully saturated rings. The van der Waals surface area contributed by atoms with E-state index in [1.54, 1.807) is 30.3 Å². The molecule has 0 saturated heterocycles. The third kappa shape index (κ3) is 5.18. The molecule has 2 aromatic carbocycles. The van der Waals surface area contributed by atoms with Crippen molar-refractivity contribution < 1.29 is 14.0 Å². The van der Waals surface area contributed by atoms with Crippen LogP contribution in [0.15, 0.2) is 64.3 Å². The maximum absolute atomic E-state index is 13.1. The highest BCUT2D eigenvalue weighted by molar-refractivity contribution is 7.99. The van der Waals surface area contributed by atoms with Crippen molar-refractivity contribution in [2.75, 3.05) is 10.6 Å². The molecule has 4 aromatic rings. The van der Waals surface area contributed by atoms with Crippen LogP contribution in [0, 0.1) is 6.92 Å². The highest BCUT2D eigenvalue weighted by Crippen LogP contribution is 2.32. The Bertz CT molecular complexity index is 1350. The number of aryl methyl sites for hydroxylation is 1. The number of nitrogens with one attached hydrogen (secondary N) is 2. The SMILES string of the molecule is Cc1cccc(NC(=O)c2oc3ccccc3c2NC(=O)c2nc(SC(C)C)ncc2Cl)c1. The summed E-state index contributed by atoms with van der Waals surface area (Å²) in [6.07, 6.45) is 1.40. The molecule has 0 saturated carbocycles. The zero-order valence-corrected chi connectivity index (χ0v) is 19.8. The van der Waals surface area contributed by atoms with E-state index in [1.165, 1.54) is 18.0 Å². The normalized spacial score (nSPS) is 11.1. The molecule has 4 rings (SSSR count). The Labute approximate surface area is 199 Å². The first-order chi connectivity index (χ1) is 15.8. The number of rotatable bonds is 6. The number of furan rings is 1. The van der Waals surface area contributed by atoms with Gasteiger partial charge in [-0.15, -0.1) is 0 Å². The minimum Gasteiger partial charge on any atom is -0.449 e. The molecule has 0 aliphatic carbocycles. The van der Waals surface area contributed by atoms with Gasteiger partial charge >= 0.3 is 0 Å². The maximum Gasteiger partial charge on any atom is 0.293 e. The van der Waals surface area contributed by atoms with Crippen LogP contribution in [0.1, 0.15) is 40.5 Å². The maximum atomic E-state index is 13.1. The van der Waals surface area contributed by atoms with Gasteiger partial charge in [0.1, 0.15) is 11.3 Å². The van der Waals surface area contributed by atoms with Crippen molar-refractivity contribution in [3.63, 3.8) is 0 Å². The number of hydrogen-bond donors (Lipinski definition) is 2. The van der Waals surface area contributed by atoms with Crippen LogP contribution in [0.4, 0.5) is 11.4 Å². The quantitative estimate of drug-likeness (QED) is 0.252. The number of amides is 2. The van der Waals surface area contributed by atoms with Gasteiger partial charge in [0.25, 0.3) is 11.8 Å². The van der Waals surface area contributed by atoms with E-state index in [2.05, 4.69) is 20.6 Å². The average molecular weight is 481 g/mol. The Kier molecular flexibility index (Phi) is 6.67. The summed E-state index contributed by atoms with van der Waals surface area (Å²) >= 11 is 7.63. The zero-order chi connectivity index (χ0) is 23.5. The average Bonchev–Trinajstić information content (AvgIpc) is 3.13. The summed E-state index contributed by atoms with van der Waals surface area (Å²) in [5, 5.41) is 6.96. The van der Waals surface area contributed by atoms with Gasteiger partial charge in [-0.25, -0.2) is 9.97 Å². The van der Waals surface area contributed by atoms with Gasteiger partial charge in [-0.1, -0.05) is 61.5 Å². The van der Waals surface area contributed by atoms with Gasteiger partial charge in [0.05, 0.1) is 11.2 Å². The second kappa shape index (κ2) is 9.64. The molecule has 2 N–H and O–H groups in total. The summed E-state index contributed by atoms with van der Waals surface area (Å²) in [6.45, 7) is 5.93. The van der Waals surface area contributed by atoms with E-state index >= 15 is 0 Å². The summed E-state index contributed by atoms with van der Waals surface area (Å²) in [5.74, 6) is -1.07. The van der Waals surface area contributed by atoms with E-state index in [0.29, 0.717) is 21.8 Å². The van der Waals surface area contributed by atoms with Crippen LogP contribution in [-0.2, 0) is 0 Å². The number of carbonyl (C=O) groups is 2. The fourth-order valence-corrected chi connectivity index (χ4v) is 4.05. The molecular weight excluding hydrogens is 460 g/mol. The molecule has 2 amide bonds. The number of aromatic nitrogens is 2. The van der Waals surface area contributed by atoms with Gasteiger partial charge in [0.15, 0.2) is 10.9 Å². The molecule has 7 nitrogen and oxygen atoms in total. The third-order valence-corrected chi connectivity index (χ3v) is 5.75. The third-order valence-electron chi connectivity index (χ3n) is 4.59. The first kappa shape index (κ1) is 22.8. The van der Waals surface area contributed by atoms with Crippen molar-refractivity contribution >= 4 is 57.5 Å². The minimum absolute atomic E-state index is 0.0186. The molecule has 33 heavy (non-hydrogen) atoms. The van der Waals surface area contributed by atoms with Crippen LogP contribution in [0.2, 0.25) is 5.02 Å². The van der Waals surface area contributed by atoms with Crippen molar-refractivity contribution in [1.29, 1.82) is 0 Å². The van der Waals surface area contributed by atoms with Crippen molar-refractivity contribution in [3.8, 4) is 0 Å². The number of halogens is 1. The molecule has 2 aromatic heterocycles. The van der Waals surface area contributed by atoms with Crippen LogP contribution >= 0.6 is 23.4 Å². The molecule has 0 radical (unpaired) electrons. The molecule has 0 unspecified atom stereocenters. The van der Waals surface area contributed by atoms with Crippen LogP contribution in [0.5, 0.6) is 0 Å². The number of carbonyl (C=O) groups excluding carboxylic acids is 2. The van der Waals surface area contributed by atoms with Crippen LogP contribution in [-0.4, -0.2) is 27.0 Å². The second-order valence-electron chi connectivity index (χ2n) is 7.60. The van der Waals surface area contributed by atoms with Gasteiger partial charge in [0.2, 0.25) is 5.76 Å². The summed E-state index contributed by atoms with van der Waals surface area (Å²) in [5.41, 5.74) is 2.34. The number of benzene rings is 2. The first-order valence-corrected chi connectivity index (χ1v) is 11.5. The molecule has 0 bridgehead atoms. The smallest absolute Gasteiger partial charge is 0.293 e. The number of fused-ring (bicyclic) bond motifs is 1. The largest absolute Gasteiger partial charge is 0.449 e. The van der Waals surface area contributed by atoms with Gasteiger partial charge in [-0.05, 0) is 36.8 Å². The lowest BCUT2D eigenvalue weighted by Crippen LogP contribution is -2.19. The van der Waals surface area contributed by atoms with Crippen molar-refractivity contribution in [2.45, 2.75) is 31.2 Å². The van der Waals surface area contributed by atoms with E-state index in [4.69, 9.17) is 16.0 Å². The Morgan fingerprint density at radius 2 is 1.85 bits per heavy atom. The Balaban J connectivity index is 1.69. The molecule has 168 valence electrons. The molecule has 0 aliphatic heterocycles. The highest BCUT2D eigenvalue weighted by atomic mass is 35.5. The number of nitrogens with zero attached hydrogens (tertiary/aromatic N) is 2. The standard InChI is InChI=1S/C24H21ClN4O3S/c1-13(2)33-24-26-12-17(25)20(29-24)22(30)28-19-16-9-4-5-10-18(16)32-21(19)23(31)27-15-8-6-7-14(3)11-15/h4-13H,1-3H3,(H,27,31)(H,28,30). The minimum atomic E-state index is -0.566. The lowest BCUT2D eigenvalue weighted by Gasteiger charge is -2.09. The van der Waals surface area contributed by atoms with Crippen LogP contribution < -0.4 is 10.6 Å². The van der Waals surface area contributed by atoms with E-state index in [-0.39, 0.29) is 27.4 Å². The van der Waals surface area contributed by atoms with E-state index in [0.717, 1.165) is 5.56 Å². The second-order valence-corrected chi connectivity index (χ2v) is 9.55. The Hall–Kier alpha value is -3.36. The summed E-state index contributed by atoms with van der Waals surface area (Å²) < 4.78 is 5.81. The van der Waals surface area contributed by atoms with Gasteiger partial charge < -0.3 is 15.1 Å². The Morgan fingerprint density at radius 1 is 1.06 bits per heavy atom. The summed E-state index contributed by atoms with van der Waals surface area (Å²) in [6, 6.07) is 14.5. The number of para-hydroxylation sites is 1. The number of anilines is 2. The topological polar surface area (TPSA) is 97.1 Å². The van der Waals surface area contributed by atoms with Crippen molar-refractivity contribution in [2.24, 2.45) is 0 Å². The number of thioether (sulfide) groups is 1. The van der Waals surface area contributed by atoms with E-state index in [1.807, 2.05) is 39.0 Å².